The van der Waals surface area contributed by atoms with E-state index >= 15 is 0 Å². The van der Waals surface area contributed by atoms with Gasteiger partial charge in [-0.25, -0.2) is 4.98 Å². The Kier molecular flexibility index (Phi) is 5.94. The number of amides is 1. The van der Waals surface area contributed by atoms with E-state index in [4.69, 9.17) is 0 Å². The van der Waals surface area contributed by atoms with E-state index in [9.17, 15) is 4.79 Å². The second kappa shape index (κ2) is 8.95. The molecule has 4 rings (SSSR count). The summed E-state index contributed by atoms with van der Waals surface area (Å²) in [5.41, 5.74) is 1.10. The highest BCUT2D eigenvalue weighted by Crippen LogP contribution is 2.25. The van der Waals surface area contributed by atoms with Crippen LogP contribution in [0.2, 0.25) is 0 Å². The Morgan fingerprint density at radius 3 is 2.57 bits per heavy atom. The Labute approximate surface area is 168 Å². The zero-order valence-electron chi connectivity index (χ0n) is 15.6. The lowest BCUT2D eigenvalue weighted by molar-refractivity contribution is -0.122. The summed E-state index contributed by atoms with van der Waals surface area (Å²) in [7, 11) is 0. The number of anilines is 1. The van der Waals surface area contributed by atoms with Gasteiger partial charge in [0.25, 0.3) is 0 Å². The van der Waals surface area contributed by atoms with Gasteiger partial charge in [-0.1, -0.05) is 36.4 Å². The minimum Gasteiger partial charge on any atom is -0.353 e. The van der Waals surface area contributed by atoms with Crippen LogP contribution in [0.5, 0.6) is 0 Å². The van der Waals surface area contributed by atoms with Gasteiger partial charge in [-0.15, -0.1) is 11.3 Å². The number of hydrogen-bond donors (Lipinski definition) is 1. The van der Waals surface area contributed by atoms with Crippen molar-refractivity contribution in [1.29, 1.82) is 0 Å². The Balaban J connectivity index is 1.35. The molecule has 7 heteroatoms. The van der Waals surface area contributed by atoms with E-state index in [0.29, 0.717) is 6.54 Å². The number of rotatable bonds is 6. The van der Waals surface area contributed by atoms with Crippen LogP contribution in [0.25, 0.3) is 0 Å². The highest BCUT2D eigenvalue weighted by Gasteiger charge is 2.22. The third-order valence-electron chi connectivity index (χ3n) is 4.88. The molecule has 1 amide bonds. The van der Waals surface area contributed by atoms with E-state index in [0.717, 1.165) is 42.4 Å². The zero-order chi connectivity index (χ0) is 19.2. The molecule has 28 heavy (non-hydrogen) atoms. The van der Waals surface area contributed by atoms with Crippen LogP contribution in [0.1, 0.15) is 16.5 Å². The van der Waals surface area contributed by atoms with Gasteiger partial charge in [0.1, 0.15) is 5.82 Å². The van der Waals surface area contributed by atoms with Crippen LogP contribution in [0.3, 0.4) is 0 Å². The summed E-state index contributed by atoms with van der Waals surface area (Å²) in [6.45, 7) is 3.76. The minimum absolute atomic E-state index is 0.0511. The first kappa shape index (κ1) is 18.6. The highest BCUT2D eigenvalue weighted by molar-refractivity contribution is 7.10. The Hall–Kier alpha value is -2.77. The van der Waals surface area contributed by atoms with E-state index in [1.54, 1.807) is 29.9 Å². The summed E-state index contributed by atoms with van der Waals surface area (Å²) >= 11 is 1.66. The first-order chi connectivity index (χ1) is 13.8. The van der Waals surface area contributed by atoms with Crippen molar-refractivity contribution < 1.29 is 4.79 Å². The van der Waals surface area contributed by atoms with Crippen molar-refractivity contribution in [2.24, 2.45) is 0 Å². The molecule has 1 atom stereocenters. The highest BCUT2D eigenvalue weighted by atomic mass is 32.1. The van der Waals surface area contributed by atoms with Crippen LogP contribution in [-0.2, 0) is 4.79 Å². The van der Waals surface area contributed by atoms with Gasteiger partial charge in [0.05, 0.1) is 18.8 Å². The van der Waals surface area contributed by atoms with Crippen LogP contribution < -0.4 is 10.2 Å². The first-order valence-corrected chi connectivity index (χ1v) is 10.3. The number of nitrogens with one attached hydrogen (secondary N) is 1. The number of carbonyl (C=O) groups excluding carboxylic acids is 1. The van der Waals surface area contributed by atoms with Crippen LogP contribution in [0, 0.1) is 0 Å². The van der Waals surface area contributed by atoms with E-state index in [2.05, 4.69) is 43.3 Å². The molecule has 0 aliphatic carbocycles. The Morgan fingerprint density at radius 2 is 1.89 bits per heavy atom. The number of thiophene rings is 1. The smallest absolute Gasteiger partial charge is 0.234 e. The monoisotopic (exact) mass is 393 g/mol. The van der Waals surface area contributed by atoms with Gasteiger partial charge >= 0.3 is 0 Å². The average molecular weight is 394 g/mol. The lowest BCUT2D eigenvalue weighted by Crippen LogP contribution is -2.50. The topological polar surface area (TPSA) is 61.4 Å². The van der Waals surface area contributed by atoms with Crippen molar-refractivity contribution in [3.8, 4) is 0 Å². The maximum absolute atomic E-state index is 12.8. The van der Waals surface area contributed by atoms with Crippen molar-refractivity contribution in [2.75, 3.05) is 37.6 Å². The molecule has 0 saturated carbocycles. The largest absolute Gasteiger partial charge is 0.353 e. The fourth-order valence-electron chi connectivity index (χ4n) is 3.42. The number of carbonyl (C=O) groups is 1. The van der Waals surface area contributed by atoms with Crippen molar-refractivity contribution in [1.82, 2.24) is 20.2 Å². The Morgan fingerprint density at radius 1 is 1.07 bits per heavy atom. The first-order valence-electron chi connectivity index (χ1n) is 9.40. The van der Waals surface area contributed by atoms with Crippen LogP contribution >= 0.6 is 11.3 Å². The summed E-state index contributed by atoms with van der Waals surface area (Å²) in [4.78, 5) is 26.8. The molecule has 1 aliphatic heterocycles. The SMILES string of the molecule is O=C(CN1CCN(c2cnccn2)CC1)NC(c1ccccc1)c1cccs1. The molecule has 3 aromatic rings. The molecule has 2 aromatic heterocycles. The predicted molar refractivity (Wildman–Crippen MR) is 111 cm³/mol. The van der Waals surface area contributed by atoms with Gasteiger partial charge in [0, 0.05) is 43.4 Å². The lowest BCUT2D eigenvalue weighted by atomic mass is 10.1. The van der Waals surface area contributed by atoms with E-state index in [1.807, 2.05) is 29.6 Å². The maximum Gasteiger partial charge on any atom is 0.234 e. The number of nitrogens with zero attached hydrogens (tertiary/aromatic N) is 4. The maximum atomic E-state index is 12.8. The third-order valence-corrected chi connectivity index (χ3v) is 5.82. The molecule has 1 saturated heterocycles. The number of aromatic nitrogens is 2. The Bertz CT molecular complexity index is 864. The second-order valence-electron chi connectivity index (χ2n) is 6.75. The van der Waals surface area contributed by atoms with E-state index in [1.165, 1.54) is 0 Å². The lowest BCUT2D eigenvalue weighted by Gasteiger charge is -2.35. The molecule has 0 bridgehead atoms. The van der Waals surface area contributed by atoms with Crippen molar-refractivity contribution in [2.45, 2.75) is 6.04 Å². The summed E-state index contributed by atoms with van der Waals surface area (Å²) in [5, 5.41) is 5.26. The van der Waals surface area contributed by atoms with Gasteiger partial charge in [-0.2, -0.15) is 0 Å². The fourth-order valence-corrected chi connectivity index (χ4v) is 4.22. The van der Waals surface area contributed by atoms with Crippen LogP contribution in [0.4, 0.5) is 5.82 Å². The molecule has 6 nitrogen and oxygen atoms in total. The minimum atomic E-state index is -0.102. The van der Waals surface area contributed by atoms with E-state index in [-0.39, 0.29) is 11.9 Å². The zero-order valence-corrected chi connectivity index (χ0v) is 16.4. The molecule has 144 valence electrons. The molecule has 3 heterocycles. The second-order valence-corrected chi connectivity index (χ2v) is 7.73. The van der Waals surface area contributed by atoms with Gasteiger partial charge < -0.3 is 10.2 Å². The summed E-state index contributed by atoms with van der Waals surface area (Å²) in [6, 6.07) is 14.1. The standard InChI is InChI=1S/C21H23N5OS/c27-20(16-25-10-12-26(13-11-25)19-15-22-8-9-23-19)24-21(18-7-4-14-28-18)17-5-2-1-3-6-17/h1-9,14-15,21H,10-13,16H2,(H,24,27). The fraction of sp³-hybridized carbons (Fsp3) is 0.286. The molecule has 1 unspecified atom stereocenters. The molecule has 1 fully saturated rings. The molecular formula is C21H23N5OS. The van der Waals surface area contributed by atoms with Gasteiger partial charge in [-0.3, -0.25) is 14.7 Å². The van der Waals surface area contributed by atoms with Crippen molar-refractivity contribution >= 4 is 23.1 Å². The van der Waals surface area contributed by atoms with Gasteiger partial charge in [-0.05, 0) is 17.0 Å². The third kappa shape index (κ3) is 4.55. The van der Waals surface area contributed by atoms with Crippen LogP contribution in [0.15, 0.2) is 66.4 Å². The van der Waals surface area contributed by atoms with Crippen molar-refractivity contribution in [3.63, 3.8) is 0 Å². The summed E-state index contributed by atoms with van der Waals surface area (Å²) in [5.74, 6) is 0.948. The molecular weight excluding hydrogens is 370 g/mol. The number of benzene rings is 1. The molecule has 1 N–H and O–H groups in total. The molecule has 0 radical (unpaired) electrons. The predicted octanol–water partition coefficient (Wildman–Crippen LogP) is 2.57. The van der Waals surface area contributed by atoms with Crippen molar-refractivity contribution in [3.05, 3.63) is 76.9 Å². The quantitative estimate of drug-likeness (QED) is 0.697. The summed E-state index contributed by atoms with van der Waals surface area (Å²) in [6.07, 6.45) is 5.18. The molecule has 1 aliphatic rings. The van der Waals surface area contributed by atoms with E-state index < -0.39 is 0 Å². The number of piperazine rings is 1. The molecule has 1 aromatic carbocycles. The molecule has 0 spiro atoms. The van der Waals surface area contributed by atoms with Crippen LogP contribution in [-0.4, -0.2) is 53.5 Å². The normalized spacial score (nSPS) is 15.9. The summed E-state index contributed by atoms with van der Waals surface area (Å²) < 4.78 is 0. The average Bonchev–Trinajstić information content (AvgIpc) is 3.28. The van der Waals surface area contributed by atoms with Gasteiger partial charge in [0.2, 0.25) is 5.91 Å². The number of hydrogen-bond acceptors (Lipinski definition) is 6. The van der Waals surface area contributed by atoms with Gasteiger partial charge in [0.15, 0.2) is 0 Å².